The number of rotatable bonds is 1. The highest BCUT2D eigenvalue weighted by molar-refractivity contribution is 9.10. The molecule has 3 rings (SSSR count). The van der Waals surface area contributed by atoms with E-state index >= 15 is 0 Å². The van der Waals surface area contributed by atoms with E-state index in [9.17, 15) is 0 Å². The first-order valence-electron chi connectivity index (χ1n) is 5.46. The second-order valence-electron chi connectivity index (χ2n) is 4.00. The molecule has 2 aromatic heterocycles. The number of aromatic nitrogens is 2. The average molecular weight is 287 g/mol. The van der Waals surface area contributed by atoms with Gasteiger partial charge in [-0.2, -0.15) is 0 Å². The summed E-state index contributed by atoms with van der Waals surface area (Å²) in [6.45, 7) is 2.09. The van der Waals surface area contributed by atoms with Gasteiger partial charge in [-0.15, -0.1) is 0 Å². The summed E-state index contributed by atoms with van der Waals surface area (Å²) in [7, 11) is 0. The van der Waals surface area contributed by atoms with Crippen molar-refractivity contribution in [1.82, 2.24) is 9.38 Å². The third kappa shape index (κ3) is 1.67. The lowest BCUT2D eigenvalue weighted by atomic mass is 10.2. The predicted molar refractivity (Wildman–Crippen MR) is 73.1 cm³/mol. The molecule has 0 saturated heterocycles. The molecule has 84 valence electrons. The fourth-order valence-corrected chi connectivity index (χ4v) is 2.72. The Morgan fingerprint density at radius 3 is 2.59 bits per heavy atom. The van der Waals surface area contributed by atoms with Crippen LogP contribution in [0.15, 0.2) is 53.3 Å². The Bertz CT molecular complexity index is 671. The molecule has 0 N–H and O–H groups in total. The van der Waals surface area contributed by atoms with E-state index in [-0.39, 0.29) is 0 Å². The van der Waals surface area contributed by atoms with E-state index in [4.69, 9.17) is 0 Å². The zero-order chi connectivity index (χ0) is 11.8. The summed E-state index contributed by atoms with van der Waals surface area (Å²) in [4.78, 5) is 4.60. The minimum Gasteiger partial charge on any atom is -0.298 e. The van der Waals surface area contributed by atoms with Crippen molar-refractivity contribution < 1.29 is 0 Å². The van der Waals surface area contributed by atoms with Gasteiger partial charge in [0.15, 0.2) is 0 Å². The van der Waals surface area contributed by atoms with Crippen LogP contribution in [0.1, 0.15) is 5.56 Å². The van der Waals surface area contributed by atoms with Gasteiger partial charge >= 0.3 is 0 Å². The van der Waals surface area contributed by atoms with Crippen LogP contribution >= 0.6 is 15.9 Å². The van der Waals surface area contributed by atoms with E-state index in [0.29, 0.717) is 0 Å². The van der Waals surface area contributed by atoms with Crippen LogP contribution in [-0.4, -0.2) is 9.38 Å². The van der Waals surface area contributed by atoms with Crippen LogP contribution in [0.25, 0.3) is 16.9 Å². The molecule has 0 aliphatic rings. The van der Waals surface area contributed by atoms with Crippen molar-refractivity contribution in [2.45, 2.75) is 6.92 Å². The first-order valence-corrected chi connectivity index (χ1v) is 6.25. The zero-order valence-corrected chi connectivity index (χ0v) is 11.0. The molecule has 0 fully saturated rings. The van der Waals surface area contributed by atoms with Gasteiger partial charge in [0.05, 0.1) is 5.52 Å². The lowest BCUT2D eigenvalue weighted by molar-refractivity contribution is 1.15. The molecule has 1 aromatic carbocycles. The van der Waals surface area contributed by atoms with Crippen molar-refractivity contribution in [2.24, 2.45) is 0 Å². The number of hydrogen-bond acceptors (Lipinski definition) is 1. The second-order valence-corrected chi connectivity index (χ2v) is 4.75. The van der Waals surface area contributed by atoms with Gasteiger partial charge in [-0.3, -0.25) is 4.40 Å². The van der Waals surface area contributed by atoms with E-state index in [1.807, 2.05) is 30.5 Å². The maximum atomic E-state index is 4.60. The van der Waals surface area contributed by atoms with Crippen LogP contribution in [0, 0.1) is 6.92 Å². The standard InChI is InChI=1S/C14H11BrN2/c1-10-6-5-9-17-12(10)13(15)16-14(17)11-7-3-2-4-8-11/h2-9H,1H3. The summed E-state index contributed by atoms with van der Waals surface area (Å²) in [6, 6.07) is 14.4. The molecule has 0 atom stereocenters. The number of aryl methyl sites for hydroxylation is 1. The smallest absolute Gasteiger partial charge is 0.145 e. The van der Waals surface area contributed by atoms with Crippen LogP contribution in [-0.2, 0) is 0 Å². The number of nitrogens with zero attached hydrogens (tertiary/aromatic N) is 2. The summed E-state index contributed by atoms with van der Waals surface area (Å²) < 4.78 is 3.02. The first-order chi connectivity index (χ1) is 8.27. The number of imidazole rings is 1. The third-order valence-corrected chi connectivity index (χ3v) is 3.41. The monoisotopic (exact) mass is 286 g/mol. The maximum Gasteiger partial charge on any atom is 0.145 e. The molecule has 3 aromatic rings. The fraction of sp³-hybridized carbons (Fsp3) is 0.0714. The summed E-state index contributed by atoms with van der Waals surface area (Å²) >= 11 is 3.53. The van der Waals surface area contributed by atoms with Crippen LogP contribution in [0.4, 0.5) is 0 Å². The van der Waals surface area contributed by atoms with Crippen molar-refractivity contribution in [3.05, 3.63) is 58.8 Å². The fourth-order valence-electron chi connectivity index (χ4n) is 2.05. The molecule has 0 spiro atoms. The second kappa shape index (κ2) is 4.00. The molecular weight excluding hydrogens is 276 g/mol. The van der Waals surface area contributed by atoms with Crippen molar-refractivity contribution in [2.75, 3.05) is 0 Å². The van der Waals surface area contributed by atoms with Crippen molar-refractivity contribution in [3.63, 3.8) is 0 Å². The lowest BCUT2D eigenvalue weighted by Crippen LogP contribution is -1.89. The Hall–Kier alpha value is -1.61. The van der Waals surface area contributed by atoms with Crippen LogP contribution in [0.2, 0.25) is 0 Å². The van der Waals surface area contributed by atoms with Gasteiger partial charge in [0.2, 0.25) is 0 Å². The number of hydrogen-bond donors (Lipinski definition) is 0. The topological polar surface area (TPSA) is 17.3 Å². The molecule has 2 nitrogen and oxygen atoms in total. The minimum atomic E-state index is 0.898. The molecule has 0 unspecified atom stereocenters. The van der Waals surface area contributed by atoms with Gasteiger partial charge < -0.3 is 0 Å². The normalized spacial score (nSPS) is 10.9. The number of halogens is 1. The molecule has 0 bridgehead atoms. The van der Waals surface area contributed by atoms with Gasteiger partial charge in [-0.1, -0.05) is 36.4 Å². The van der Waals surface area contributed by atoms with Gasteiger partial charge in [-0.25, -0.2) is 4.98 Å². The highest BCUT2D eigenvalue weighted by Crippen LogP contribution is 2.27. The Morgan fingerprint density at radius 1 is 1.06 bits per heavy atom. The lowest BCUT2D eigenvalue weighted by Gasteiger charge is -2.02. The van der Waals surface area contributed by atoms with E-state index in [2.05, 4.69) is 50.4 Å². The Balaban J connectivity index is 2.36. The minimum absolute atomic E-state index is 0.898. The number of pyridine rings is 1. The number of fused-ring (bicyclic) bond motifs is 1. The van der Waals surface area contributed by atoms with Crippen LogP contribution in [0.3, 0.4) is 0 Å². The molecule has 0 amide bonds. The number of benzene rings is 1. The van der Waals surface area contributed by atoms with Crippen molar-refractivity contribution in [3.8, 4) is 11.4 Å². The molecule has 2 heterocycles. The van der Waals surface area contributed by atoms with E-state index in [0.717, 1.165) is 21.5 Å². The first kappa shape index (κ1) is 10.5. The van der Waals surface area contributed by atoms with Gasteiger partial charge in [0, 0.05) is 11.8 Å². The summed E-state index contributed by atoms with van der Waals surface area (Å²) in [5.41, 5.74) is 3.47. The SMILES string of the molecule is Cc1cccn2c(-c3ccccc3)nc(Br)c12. The molecule has 17 heavy (non-hydrogen) atoms. The molecule has 0 saturated carbocycles. The summed E-state index contributed by atoms with van der Waals surface area (Å²) in [5, 5.41) is 0. The maximum absolute atomic E-state index is 4.60. The van der Waals surface area contributed by atoms with Crippen LogP contribution < -0.4 is 0 Å². The van der Waals surface area contributed by atoms with E-state index in [1.165, 1.54) is 5.56 Å². The van der Waals surface area contributed by atoms with Crippen LogP contribution in [0.5, 0.6) is 0 Å². The zero-order valence-electron chi connectivity index (χ0n) is 9.39. The Kier molecular flexibility index (Phi) is 2.48. The molecule has 0 aliphatic heterocycles. The highest BCUT2D eigenvalue weighted by Gasteiger charge is 2.11. The van der Waals surface area contributed by atoms with Crippen molar-refractivity contribution in [1.29, 1.82) is 0 Å². The molecule has 0 radical (unpaired) electrons. The van der Waals surface area contributed by atoms with Gasteiger partial charge in [0.25, 0.3) is 0 Å². The molecular formula is C14H11BrN2. The third-order valence-electron chi connectivity index (χ3n) is 2.86. The largest absolute Gasteiger partial charge is 0.298 e. The van der Waals surface area contributed by atoms with Gasteiger partial charge in [0.1, 0.15) is 10.4 Å². The predicted octanol–water partition coefficient (Wildman–Crippen LogP) is 4.07. The quantitative estimate of drug-likeness (QED) is 0.659. The average Bonchev–Trinajstić information content (AvgIpc) is 2.69. The Morgan fingerprint density at radius 2 is 1.82 bits per heavy atom. The summed E-state index contributed by atoms with van der Waals surface area (Å²) in [6.07, 6.45) is 2.04. The Labute approximate surface area is 108 Å². The summed E-state index contributed by atoms with van der Waals surface area (Å²) in [5.74, 6) is 0.969. The van der Waals surface area contributed by atoms with E-state index in [1.54, 1.807) is 0 Å². The molecule has 0 aliphatic carbocycles. The van der Waals surface area contributed by atoms with E-state index < -0.39 is 0 Å². The van der Waals surface area contributed by atoms with Crippen molar-refractivity contribution >= 4 is 21.4 Å². The molecule has 3 heteroatoms. The highest BCUT2D eigenvalue weighted by atomic mass is 79.9. The van der Waals surface area contributed by atoms with Gasteiger partial charge in [-0.05, 0) is 34.5 Å².